The number of nitrogens with zero attached hydrogens (tertiary/aromatic N) is 1. The highest BCUT2D eigenvalue weighted by atomic mass is 32.2. The standard InChI is InChI=1S/C22H25FN2O5S/c1-30-22(27)16-7-11-18(12-8-16)24-21(26)15-25(19-5-3-2-4-6-19)31(28,29)20-13-9-17(23)10-14-20/h7-14,19H,2-6,15H2,1H3,(H,24,26). The first-order valence-electron chi connectivity index (χ1n) is 10.1. The molecule has 0 bridgehead atoms. The number of benzene rings is 2. The summed E-state index contributed by atoms with van der Waals surface area (Å²) in [7, 11) is -2.70. The first-order valence-corrected chi connectivity index (χ1v) is 11.5. The molecule has 3 rings (SSSR count). The summed E-state index contributed by atoms with van der Waals surface area (Å²) in [6.45, 7) is -0.358. The van der Waals surface area contributed by atoms with Gasteiger partial charge in [-0.15, -0.1) is 0 Å². The Labute approximate surface area is 181 Å². The number of methoxy groups -OCH3 is 1. The normalized spacial score (nSPS) is 14.9. The van der Waals surface area contributed by atoms with E-state index in [9.17, 15) is 22.4 Å². The highest BCUT2D eigenvalue weighted by Gasteiger charge is 2.34. The van der Waals surface area contributed by atoms with Gasteiger partial charge in [-0.3, -0.25) is 4.79 Å². The Bertz CT molecular complexity index is 1020. The lowest BCUT2D eigenvalue weighted by atomic mass is 9.95. The number of halogens is 1. The van der Waals surface area contributed by atoms with Crippen LogP contribution < -0.4 is 5.32 Å². The van der Waals surface area contributed by atoms with Gasteiger partial charge in [0.05, 0.1) is 24.1 Å². The molecule has 0 aliphatic heterocycles. The van der Waals surface area contributed by atoms with Crippen LogP contribution in [0.5, 0.6) is 0 Å². The number of hydrogen-bond donors (Lipinski definition) is 1. The molecule has 1 amide bonds. The lowest BCUT2D eigenvalue weighted by Crippen LogP contribution is -2.45. The fourth-order valence-corrected chi connectivity index (χ4v) is 5.31. The van der Waals surface area contributed by atoms with E-state index in [1.165, 1.54) is 35.7 Å². The Hall–Kier alpha value is -2.78. The summed E-state index contributed by atoms with van der Waals surface area (Å²) >= 11 is 0. The Morgan fingerprint density at radius 1 is 1.03 bits per heavy atom. The second-order valence-corrected chi connectivity index (χ2v) is 9.30. The second-order valence-electron chi connectivity index (χ2n) is 7.41. The van der Waals surface area contributed by atoms with Crippen molar-refractivity contribution in [3.63, 3.8) is 0 Å². The van der Waals surface area contributed by atoms with Crippen LogP contribution in [-0.4, -0.2) is 44.3 Å². The molecular formula is C22H25FN2O5S. The van der Waals surface area contributed by atoms with E-state index in [-0.39, 0.29) is 17.5 Å². The van der Waals surface area contributed by atoms with Crippen LogP contribution in [0.15, 0.2) is 53.4 Å². The zero-order valence-corrected chi connectivity index (χ0v) is 18.0. The van der Waals surface area contributed by atoms with E-state index in [2.05, 4.69) is 10.1 Å². The molecule has 1 fully saturated rings. The van der Waals surface area contributed by atoms with Crippen LogP contribution in [0.25, 0.3) is 0 Å². The molecule has 1 saturated carbocycles. The number of amides is 1. The largest absolute Gasteiger partial charge is 0.465 e. The minimum absolute atomic E-state index is 0.0466. The molecule has 1 aliphatic carbocycles. The number of carbonyl (C=O) groups is 2. The SMILES string of the molecule is COC(=O)c1ccc(NC(=O)CN(C2CCCCC2)S(=O)(=O)c2ccc(F)cc2)cc1. The van der Waals surface area contributed by atoms with Crippen molar-refractivity contribution in [3.8, 4) is 0 Å². The Kier molecular flexibility index (Phi) is 7.40. The van der Waals surface area contributed by atoms with Crippen molar-refractivity contribution in [2.45, 2.75) is 43.0 Å². The van der Waals surface area contributed by atoms with E-state index in [1.54, 1.807) is 12.1 Å². The number of hydrogen-bond acceptors (Lipinski definition) is 5. The van der Waals surface area contributed by atoms with E-state index < -0.39 is 27.7 Å². The summed E-state index contributed by atoms with van der Waals surface area (Å²) in [5.41, 5.74) is 0.767. The third-order valence-corrected chi connectivity index (χ3v) is 7.20. The van der Waals surface area contributed by atoms with E-state index >= 15 is 0 Å². The van der Waals surface area contributed by atoms with Crippen molar-refractivity contribution in [3.05, 3.63) is 59.9 Å². The van der Waals surface area contributed by atoms with Gasteiger partial charge in [-0.2, -0.15) is 4.31 Å². The van der Waals surface area contributed by atoms with Gasteiger partial charge in [0, 0.05) is 11.7 Å². The van der Waals surface area contributed by atoms with Gasteiger partial charge in [0.25, 0.3) is 0 Å². The third-order valence-electron chi connectivity index (χ3n) is 5.29. The van der Waals surface area contributed by atoms with Gasteiger partial charge in [0.1, 0.15) is 5.82 Å². The molecule has 0 saturated heterocycles. The fourth-order valence-electron chi connectivity index (χ4n) is 3.67. The average Bonchev–Trinajstić information content (AvgIpc) is 2.78. The van der Waals surface area contributed by atoms with Crippen LogP contribution in [0.2, 0.25) is 0 Å². The minimum Gasteiger partial charge on any atom is -0.465 e. The predicted octanol–water partition coefficient (Wildman–Crippen LogP) is 3.57. The zero-order chi connectivity index (χ0) is 22.4. The number of anilines is 1. The van der Waals surface area contributed by atoms with E-state index in [4.69, 9.17) is 0 Å². The van der Waals surface area contributed by atoms with Crippen molar-refractivity contribution >= 4 is 27.6 Å². The molecule has 166 valence electrons. The third kappa shape index (κ3) is 5.68. The highest BCUT2D eigenvalue weighted by Crippen LogP contribution is 2.28. The Morgan fingerprint density at radius 3 is 2.23 bits per heavy atom. The molecular weight excluding hydrogens is 423 g/mol. The van der Waals surface area contributed by atoms with Gasteiger partial charge in [0.2, 0.25) is 15.9 Å². The molecule has 0 unspecified atom stereocenters. The maximum Gasteiger partial charge on any atom is 0.337 e. The van der Waals surface area contributed by atoms with Crippen molar-refractivity contribution in [1.82, 2.24) is 4.31 Å². The van der Waals surface area contributed by atoms with Crippen molar-refractivity contribution in [2.75, 3.05) is 19.0 Å². The van der Waals surface area contributed by atoms with E-state index in [0.29, 0.717) is 24.1 Å². The van der Waals surface area contributed by atoms with E-state index in [1.807, 2.05) is 0 Å². The first-order chi connectivity index (χ1) is 14.8. The van der Waals surface area contributed by atoms with Gasteiger partial charge in [0.15, 0.2) is 0 Å². The molecule has 31 heavy (non-hydrogen) atoms. The number of nitrogens with one attached hydrogen (secondary N) is 1. The summed E-state index contributed by atoms with van der Waals surface area (Å²) in [6.07, 6.45) is 4.14. The molecule has 9 heteroatoms. The van der Waals surface area contributed by atoms with Gasteiger partial charge in [-0.25, -0.2) is 17.6 Å². The predicted molar refractivity (Wildman–Crippen MR) is 114 cm³/mol. The topological polar surface area (TPSA) is 92.8 Å². The highest BCUT2D eigenvalue weighted by molar-refractivity contribution is 7.89. The molecule has 0 radical (unpaired) electrons. The second kappa shape index (κ2) is 10.0. The molecule has 7 nitrogen and oxygen atoms in total. The molecule has 1 N–H and O–H groups in total. The fraction of sp³-hybridized carbons (Fsp3) is 0.364. The first kappa shape index (κ1) is 22.9. The zero-order valence-electron chi connectivity index (χ0n) is 17.2. The van der Waals surface area contributed by atoms with Crippen molar-refractivity contribution < 1.29 is 27.1 Å². The molecule has 0 aromatic heterocycles. The van der Waals surface area contributed by atoms with Crippen LogP contribution in [0.4, 0.5) is 10.1 Å². The van der Waals surface area contributed by atoms with Gasteiger partial charge in [-0.1, -0.05) is 19.3 Å². The molecule has 2 aromatic carbocycles. The number of sulfonamides is 1. The van der Waals surface area contributed by atoms with Crippen LogP contribution in [0, 0.1) is 5.82 Å². The number of esters is 1. The number of ether oxygens (including phenoxy) is 1. The van der Waals surface area contributed by atoms with Crippen LogP contribution in [0.3, 0.4) is 0 Å². The summed E-state index contributed by atoms with van der Waals surface area (Å²) in [5, 5.41) is 2.67. The quantitative estimate of drug-likeness (QED) is 0.654. The molecule has 0 spiro atoms. The monoisotopic (exact) mass is 448 g/mol. The number of carbonyl (C=O) groups excluding carboxylic acids is 2. The molecule has 1 aliphatic rings. The van der Waals surface area contributed by atoms with Crippen LogP contribution in [0.1, 0.15) is 42.5 Å². The molecule has 2 aromatic rings. The lowest BCUT2D eigenvalue weighted by Gasteiger charge is -2.33. The van der Waals surface area contributed by atoms with Gasteiger partial charge >= 0.3 is 5.97 Å². The molecule has 0 atom stereocenters. The number of rotatable bonds is 7. The summed E-state index contributed by atoms with van der Waals surface area (Å²) in [5.74, 6) is -1.52. The van der Waals surface area contributed by atoms with Crippen molar-refractivity contribution in [1.29, 1.82) is 0 Å². The minimum atomic E-state index is -3.98. The molecule has 0 heterocycles. The van der Waals surface area contributed by atoms with Crippen molar-refractivity contribution in [2.24, 2.45) is 0 Å². The Balaban J connectivity index is 1.79. The van der Waals surface area contributed by atoms with Gasteiger partial charge < -0.3 is 10.1 Å². The average molecular weight is 449 g/mol. The summed E-state index contributed by atoms with van der Waals surface area (Å²) in [4.78, 5) is 24.2. The maximum absolute atomic E-state index is 13.3. The lowest BCUT2D eigenvalue weighted by molar-refractivity contribution is -0.116. The van der Waals surface area contributed by atoms with Crippen LogP contribution >= 0.6 is 0 Å². The maximum atomic E-state index is 13.3. The van der Waals surface area contributed by atoms with E-state index in [0.717, 1.165) is 31.4 Å². The van der Waals surface area contributed by atoms with Gasteiger partial charge in [-0.05, 0) is 61.4 Å². The van der Waals surface area contributed by atoms with Crippen LogP contribution in [-0.2, 0) is 19.6 Å². The smallest absolute Gasteiger partial charge is 0.337 e. The Morgan fingerprint density at radius 2 is 1.65 bits per heavy atom. The summed E-state index contributed by atoms with van der Waals surface area (Å²) in [6, 6.07) is 10.4. The summed E-state index contributed by atoms with van der Waals surface area (Å²) < 4.78 is 45.7.